The highest BCUT2D eigenvalue weighted by molar-refractivity contribution is 8.02. The van der Waals surface area contributed by atoms with Crippen LogP contribution in [0.25, 0.3) is 0 Å². The van der Waals surface area contributed by atoms with Gasteiger partial charge in [-0.15, -0.1) is 11.8 Å². The van der Waals surface area contributed by atoms with Crippen LogP contribution in [0.4, 0.5) is 5.69 Å². The summed E-state index contributed by atoms with van der Waals surface area (Å²) in [7, 11) is 0. The summed E-state index contributed by atoms with van der Waals surface area (Å²) in [5.74, 6) is -1.37. The van der Waals surface area contributed by atoms with Gasteiger partial charge in [-0.3, -0.25) is 14.4 Å². The molecule has 3 unspecified atom stereocenters. The van der Waals surface area contributed by atoms with Crippen LogP contribution in [0.2, 0.25) is 0 Å². The maximum absolute atomic E-state index is 13.8. The lowest BCUT2D eigenvalue weighted by atomic mass is 9.66. The van der Waals surface area contributed by atoms with Gasteiger partial charge >= 0.3 is 0 Å². The third-order valence-electron chi connectivity index (χ3n) is 7.42. The Labute approximate surface area is 193 Å². The van der Waals surface area contributed by atoms with Crippen LogP contribution in [0.5, 0.6) is 0 Å². The Morgan fingerprint density at radius 1 is 1.25 bits per heavy atom. The molecule has 1 spiro atoms. The van der Waals surface area contributed by atoms with Crippen LogP contribution >= 0.6 is 11.8 Å². The van der Waals surface area contributed by atoms with E-state index in [0.29, 0.717) is 6.54 Å². The Bertz CT molecular complexity index is 918. The van der Waals surface area contributed by atoms with Crippen molar-refractivity contribution in [3.05, 3.63) is 29.3 Å². The summed E-state index contributed by atoms with van der Waals surface area (Å²) < 4.78 is -0.661. The number of anilines is 1. The number of likely N-dealkylation sites (tertiary alicyclic amines) is 1. The standard InChI is InChI=1S/C24H33N3O4S/c1-5-9-25-21(29)17-16-12-15(4)24(32-16)18(17)23(31)27(10-11-28)20(24)22(30)26-19-13(2)7-6-8-14(19)3/h6-8,15-18,20,28H,5,9-12H2,1-4H3,(H,25,29)(H,26,30)/t15?,16-,17+,18-,20?,24?/m0/s1. The number of hydrogen-bond acceptors (Lipinski definition) is 5. The Morgan fingerprint density at radius 2 is 1.94 bits per heavy atom. The molecule has 4 rings (SSSR count). The van der Waals surface area contributed by atoms with Crippen LogP contribution in [0.1, 0.15) is 37.8 Å². The van der Waals surface area contributed by atoms with Gasteiger partial charge < -0.3 is 20.6 Å². The molecule has 3 N–H and O–H groups in total. The average Bonchev–Trinajstić information content (AvgIpc) is 3.33. The molecule has 6 atom stereocenters. The van der Waals surface area contributed by atoms with E-state index in [0.717, 1.165) is 29.7 Å². The molecule has 1 aromatic rings. The quantitative estimate of drug-likeness (QED) is 0.580. The lowest BCUT2D eigenvalue weighted by molar-refractivity contribution is -0.139. The Balaban J connectivity index is 1.72. The highest BCUT2D eigenvalue weighted by Crippen LogP contribution is 2.68. The first kappa shape index (κ1) is 23.1. The van der Waals surface area contributed by atoms with E-state index in [1.54, 1.807) is 11.8 Å². The third kappa shape index (κ3) is 3.34. The van der Waals surface area contributed by atoms with Gasteiger partial charge in [-0.2, -0.15) is 0 Å². The smallest absolute Gasteiger partial charge is 0.248 e. The van der Waals surface area contributed by atoms with Crippen molar-refractivity contribution in [2.45, 2.75) is 56.6 Å². The molecular formula is C24H33N3O4S. The first-order chi connectivity index (χ1) is 15.3. The summed E-state index contributed by atoms with van der Waals surface area (Å²) in [4.78, 5) is 42.0. The van der Waals surface area contributed by atoms with Crippen molar-refractivity contribution in [3.8, 4) is 0 Å². The Hall–Kier alpha value is -2.06. The maximum Gasteiger partial charge on any atom is 0.248 e. The van der Waals surface area contributed by atoms with E-state index >= 15 is 0 Å². The molecule has 2 bridgehead atoms. The zero-order valence-electron chi connectivity index (χ0n) is 19.2. The fourth-order valence-corrected chi connectivity index (χ4v) is 8.46. The Kier molecular flexibility index (Phi) is 6.29. The van der Waals surface area contributed by atoms with Gasteiger partial charge in [0.25, 0.3) is 0 Å². The van der Waals surface area contributed by atoms with E-state index in [9.17, 15) is 19.5 Å². The molecule has 3 aliphatic rings. The summed E-state index contributed by atoms with van der Waals surface area (Å²) in [6.45, 7) is 8.42. The molecule has 7 nitrogen and oxygen atoms in total. The Morgan fingerprint density at radius 3 is 2.56 bits per heavy atom. The van der Waals surface area contributed by atoms with Crippen LogP contribution in [-0.4, -0.2) is 63.5 Å². The number of carbonyl (C=O) groups is 3. The van der Waals surface area contributed by atoms with E-state index in [2.05, 4.69) is 17.6 Å². The summed E-state index contributed by atoms with van der Waals surface area (Å²) >= 11 is 1.65. The number of thioether (sulfide) groups is 1. The lowest BCUT2D eigenvalue weighted by Crippen LogP contribution is -2.55. The topological polar surface area (TPSA) is 98.7 Å². The number of hydrogen-bond donors (Lipinski definition) is 3. The molecule has 0 saturated carbocycles. The number of amides is 3. The molecule has 1 aromatic carbocycles. The van der Waals surface area contributed by atoms with Gasteiger partial charge in [0.2, 0.25) is 17.7 Å². The van der Waals surface area contributed by atoms with Crippen LogP contribution < -0.4 is 10.6 Å². The van der Waals surface area contributed by atoms with E-state index in [-0.39, 0.29) is 42.0 Å². The molecule has 3 aliphatic heterocycles. The molecular weight excluding hydrogens is 426 g/mol. The van der Waals surface area contributed by atoms with Gasteiger partial charge in [-0.1, -0.05) is 32.0 Å². The summed E-state index contributed by atoms with van der Waals surface area (Å²) in [5.41, 5.74) is 2.67. The summed E-state index contributed by atoms with van der Waals surface area (Å²) in [6, 6.07) is 5.12. The zero-order chi connectivity index (χ0) is 23.2. The second-order valence-corrected chi connectivity index (χ2v) is 10.9. The number of para-hydroxylation sites is 1. The SMILES string of the molecule is CCCNC(=O)[C@@H]1[C@@H]2CC(C)C3(S2)C(C(=O)Nc2c(C)cccc2C)N(CCO)C(=O)[C@H]13. The van der Waals surface area contributed by atoms with Crippen molar-refractivity contribution in [3.63, 3.8) is 0 Å². The maximum atomic E-state index is 13.8. The molecule has 3 heterocycles. The monoisotopic (exact) mass is 459 g/mol. The van der Waals surface area contributed by atoms with E-state index in [1.165, 1.54) is 4.90 Å². The van der Waals surface area contributed by atoms with Crippen LogP contribution in [0.15, 0.2) is 18.2 Å². The number of nitrogens with one attached hydrogen (secondary N) is 2. The molecule has 32 heavy (non-hydrogen) atoms. The number of benzene rings is 1. The van der Waals surface area contributed by atoms with Gasteiger partial charge in [-0.25, -0.2) is 0 Å². The first-order valence-corrected chi connectivity index (χ1v) is 12.4. The second kappa shape index (κ2) is 8.71. The molecule has 8 heteroatoms. The molecule has 3 fully saturated rings. The first-order valence-electron chi connectivity index (χ1n) is 11.5. The lowest BCUT2D eigenvalue weighted by Gasteiger charge is -2.38. The zero-order valence-corrected chi connectivity index (χ0v) is 20.0. The van der Waals surface area contributed by atoms with Gasteiger partial charge in [0.15, 0.2) is 0 Å². The number of carbonyl (C=O) groups excluding carboxylic acids is 3. The molecule has 0 radical (unpaired) electrons. The van der Waals surface area contributed by atoms with Crippen molar-refractivity contribution in [2.24, 2.45) is 17.8 Å². The van der Waals surface area contributed by atoms with Crippen LogP contribution in [0, 0.1) is 31.6 Å². The van der Waals surface area contributed by atoms with Crippen molar-refractivity contribution in [2.75, 3.05) is 25.0 Å². The normalized spacial score (nSPS) is 32.8. The number of aliphatic hydroxyl groups is 1. The van der Waals surface area contributed by atoms with Crippen molar-refractivity contribution in [1.82, 2.24) is 10.2 Å². The number of β-amino-alcohol motifs (C(OH)–C–C–N with tert-alkyl or cyclic N) is 1. The third-order valence-corrected chi connectivity index (χ3v) is 9.49. The highest BCUT2D eigenvalue weighted by atomic mass is 32.2. The number of rotatable bonds is 7. The van der Waals surface area contributed by atoms with Crippen molar-refractivity contribution in [1.29, 1.82) is 0 Å². The molecule has 0 aliphatic carbocycles. The van der Waals surface area contributed by atoms with E-state index in [4.69, 9.17) is 0 Å². The molecule has 3 amide bonds. The van der Waals surface area contributed by atoms with Crippen molar-refractivity contribution >= 4 is 35.2 Å². The van der Waals surface area contributed by atoms with E-state index in [1.807, 2.05) is 39.0 Å². The average molecular weight is 460 g/mol. The van der Waals surface area contributed by atoms with Gasteiger partial charge in [0.05, 0.1) is 23.2 Å². The minimum Gasteiger partial charge on any atom is -0.395 e. The number of nitrogens with zero attached hydrogens (tertiary/aromatic N) is 1. The van der Waals surface area contributed by atoms with Gasteiger partial charge in [0.1, 0.15) is 6.04 Å². The minimum absolute atomic E-state index is 0.0302. The van der Waals surface area contributed by atoms with Gasteiger partial charge in [-0.05, 0) is 43.7 Å². The van der Waals surface area contributed by atoms with Crippen molar-refractivity contribution < 1.29 is 19.5 Å². The fourth-order valence-electron chi connectivity index (χ4n) is 6.04. The van der Waals surface area contributed by atoms with Crippen LogP contribution in [0.3, 0.4) is 0 Å². The minimum atomic E-state index is -0.722. The second-order valence-electron chi connectivity index (χ2n) is 9.35. The fraction of sp³-hybridized carbons (Fsp3) is 0.625. The number of fused-ring (bicyclic) bond motifs is 1. The van der Waals surface area contributed by atoms with Crippen LogP contribution in [-0.2, 0) is 14.4 Å². The molecule has 0 aromatic heterocycles. The highest BCUT2D eigenvalue weighted by Gasteiger charge is 2.75. The van der Waals surface area contributed by atoms with Gasteiger partial charge in [0, 0.05) is 24.0 Å². The number of aliphatic hydroxyl groups excluding tert-OH is 1. The number of aryl methyl sites for hydroxylation is 2. The predicted octanol–water partition coefficient (Wildman–Crippen LogP) is 2.10. The summed E-state index contributed by atoms with van der Waals surface area (Å²) in [5, 5.41) is 15.8. The predicted molar refractivity (Wildman–Crippen MR) is 125 cm³/mol. The largest absolute Gasteiger partial charge is 0.395 e. The summed E-state index contributed by atoms with van der Waals surface area (Å²) in [6.07, 6.45) is 1.63. The molecule has 174 valence electrons. The van der Waals surface area contributed by atoms with E-state index < -0.39 is 22.6 Å². The molecule has 3 saturated heterocycles.